The lowest BCUT2D eigenvalue weighted by Gasteiger charge is -2.27. The molecule has 0 atom stereocenters. The lowest BCUT2D eigenvalue weighted by molar-refractivity contribution is 0.631. The van der Waals surface area contributed by atoms with E-state index in [1.807, 2.05) is 18.2 Å². The average Bonchev–Trinajstić information content (AvgIpc) is 3.54. The van der Waals surface area contributed by atoms with E-state index in [0.717, 1.165) is 39.4 Å². The van der Waals surface area contributed by atoms with Crippen LogP contribution in [0.5, 0.6) is 0 Å². The summed E-state index contributed by atoms with van der Waals surface area (Å²) in [5, 5.41) is 3.63. The molecule has 0 aliphatic heterocycles. The number of hydrogen-bond donors (Lipinski definition) is 0. The Bertz CT molecular complexity index is 2170. The van der Waals surface area contributed by atoms with Gasteiger partial charge in [0.05, 0.1) is 5.69 Å². The van der Waals surface area contributed by atoms with Crippen molar-refractivity contribution in [1.82, 2.24) is 0 Å². The smallest absolute Gasteiger partial charge is 0.137 e. The summed E-state index contributed by atoms with van der Waals surface area (Å²) in [5.41, 5.74) is 10.0. The first-order valence-corrected chi connectivity index (χ1v) is 14.9. The summed E-state index contributed by atoms with van der Waals surface area (Å²) in [4.78, 5) is 2.30. The molecule has 0 aliphatic rings. The predicted molar refractivity (Wildman–Crippen MR) is 185 cm³/mol. The van der Waals surface area contributed by atoms with Gasteiger partial charge in [0.25, 0.3) is 0 Å². The van der Waals surface area contributed by atoms with Crippen molar-refractivity contribution in [3.8, 4) is 33.6 Å². The van der Waals surface area contributed by atoms with E-state index in [2.05, 4.69) is 163 Å². The Hall–Kier alpha value is -5.86. The van der Waals surface area contributed by atoms with Crippen LogP contribution < -0.4 is 4.90 Å². The number of benzene rings is 7. The summed E-state index contributed by atoms with van der Waals surface area (Å²) < 4.78 is 6.33. The molecule has 0 unspecified atom stereocenters. The number of fused-ring (bicyclic) bond motifs is 2. The fourth-order valence-electron chi connectivity index (χ4n) is 6.12. The number of nitrogens with zero attached hydrogens (tertiary/aromatic N) is 1. The molecule has 8 aromatic rings. The third-order valence-corrected chi connectivity index (χ3v) is 8.29. The topological polar surface area (TPSA) is 16.4 Å². The molecule has 0 bridgehead atoms. The number of hydrogen-bond acceptors (Lipinski definition) is 2. The standard InChI is InChI=1S/C42H29NO/c1-2-14-35(15-3-1)43(40-19-8-7-17-39(40)42-29-34-12-5-9-20-41(34)44-42)36-27-25-31(26-28-36)30-21-23-33(24-22-30)38-18-10-13-32-11-4-6-16-37(32)38/h1-29H. The van der Waals surface area contributed by atoms with Crippen LogP contribution in [-0.4, -0.2) is 0 Å². The fourth-order valence-corrected chi connectivity index (χ4v) is 6.12. The van der Waals surface area contributed by atoms with Crippen molar-refractivity contribution in [3.63, 3.8) is 0 Å². The van der Waals surface area contributed by atoms with Gasteiger partial charge in [0.2, 0.25) is 0 Å². The second kappa shape index (κ2) is 11.1. The Kier molecular flexibility index (Phi) is 6.51. The van der Waals surface area contributed by atoms with Crippen molar-refractivity contribution in [2.75, 3.05) is 4.90 Å². The molecule has 44 heavy (non-hydrogen) atoms. The zero-order valence-electron chi connectivity index (χ0n) is 24.1. The summed E-state index contributed by atoms with van der Waals surface area (Å²) in [6, 6.07) is 62.0. The Morgan fingerprint density at radius 3 is 1.75 bits per heavy atom. The van der Waals surface area contributed by atoms with Crippen molar-refractivity contribution in [3.05, 3.63) is 176 Å². The van der Waals surface area contributed by atoms with E-state index in [1.54, 1.807) is 0 Å². The molecule has 7 aromatic carbocycles. The Labute approximate surface area is 257 Å². The van der Waals surface area contributed by atoms with Crippen molar-refractivity contribution < 1.29 is 4.42 Å². The van der Waals surface area contributed by atoms with Crippen LogP contribution in [0.3, 0.4) is 0 Å². The molecule has 0 saturated heterocycles. The van der Waals surface area contributed by atoms with Crippen molar-refractivity contribution in [1.29, 1.82) is 0 Å². The molecule has 1 heterocycles. The van der Waals surface area contributed by atoms with Crippen LogP contribution in [0.1, 0.15) is 0 Å². The van der Waals surface area contributed by atoms with Gasteiger partial charge in [-0.15, -0.1) is 0 Å². The first-order valence-electron chi connectivity index (χ1n) is 14.9. The Morgan fingerprint density at radius 2 is 0.955 bits per heavy atom. The molecule has 0 radical (unpaired) electrons. The lowest BCUT2D eigenvalue weighted by Crippen LogP contribution is -2.10. The minimum atomic E-state index is 0.852. The largest absolute Gasteiger partial charge is 0.456 e. The summed E-state index contributed by atoms with van der Waals surface area (Å²) in [7, 11) is 0. The van der Waals surface area contributed by atoms with Gasteiger partial charge in [-0.05, 0) is 81.6 Å². The van der Waals surface area contributed by atoms with Crippen LogP contribution in [0.25, 0.3) is 55.3 Å². The summed E-state index contributed by atoms with van der Waals surface area (Å²) in [5.74, 6) is 0.852. The van der Waals surface area contributed by atoms with E-state index in [0.29, 0.717) is 0 Å². The van der Waals surface area contributed by atoms with Crippen LogP contribution in [-0.2, 0) is 0 Å². The molecule has 0 aliphatic carbocycles. The molecule has 0 N–H and O–H groups in total. The van der Waals surface area contributed by atoms with Crippen LogP contribution in [0.15, 0.2) is 180 Å². The Balaban J connectivity index is 1.16. The highest BCUT2D eigenvalue weighted by Gasteiger charge is 2.19. The molecule has 0 spiro atoms. The fraction of sp³-hybridized carbons (Fsp3) is 0. The number of rotatable bonds is 6. The van der Waals surface area contributed by atoms with E-state index < -0.39 is 0 Å². The summed E-state index contributed by atoms with van der Waals surface area (Å²) in [6.45, 7) is 0. The molecule has 8 rings (SSSR count). The maximum Gasteiger partial charge on any atom is 0.137 e. The highest BCUT2D eigenvalue weighted by atomic mass is 16.3. The minimum Gasteiger partial charge on any atom is -0.456 e. The van der Waals surface area contributed by atoms with Crippen LogP contribution in [0, 0.1) is 0 Å². The van der Waals surface area contributed by atoms with Gasteiger partial charge >= 0.3 is 0 Å². The highest BCUT2D eigenvalue weighted by Crippen LogP contribution is 2.42. The van der Waals surface area contributed by atoms with E-state index in [-0.39, 0.29) is 0 Å². The normalized spacial score (nSPS) is 11.2. The molecule has 208 valence electrons. The zero-order chi connectivity index (χ0) is 29.3. The number of anilines is 3. The van der Waals surface area contributed by atoms with Crippen molar-refractivity contribution in [2.24, 2.45) is 0 Å². The third-order valence-electron chi connectivity index (χ3n) is 8.29. The number of furan rings is 1. The lowest BCUT2D eigenvalue weighted by atomic mass is 9.96. The van der Waals surface area contributed by atoms with Gasteiger partial charge in [-0.25, -0.2) is 0 Å². The molecule has 2 nitrogen and oxygen atoms in total. The highest BCUT2D eigenvalue weighted by molar-refractivity contribution is 5.97. The molecular weight excluding hydrogens is 534 g/mol. The van der Waals surface area contributed by atoms with Gasteiger partial charge in [0, 0.05) is 22.3 Å². The second-order valence-electron chi connectivity index (χ2n) is 11.0. The molecule has 2 heteroatoms. The van der Waals surface area contributed by atoms with Gasteiger partial charge in [-0.2, -0.15) is 0 Å². The predicted octanol–water partition coefficient (Wildman–Crippen LogP) is 12.1. The van der Waals surface area contributed by atoms with E-state index in [1.165, 1.54) is 33.0 Å². The van der Waals surface area contributed by atoms with Gasteiger partial charge in [0.15, 0.2) is 0 Å². The van der Waals surface area contributed by atoms with Gasteiger partial charge in [-0.1, -0.05) is 127 Å². The maximum absolute atomic E-state index is 6.33. The monoisotopic (exact) mass is 563 g/mol. The second-order valence-corrected chi connectivity index (χ2v) is 11.0. The number of para-hydroxylation sites is 3. The first kappa shape index (κ1) is 25.8. The van der Waals surface area contributed by atoms with Crippen molar-refractivity contribution in [2.45, 2.75) is 0 Å². The van der Waals surface area contributed by atoms with Crippen molar-refractivity contribution >= 4 is 38.8 Å². The molecular formula is C42H29NO. The summed E-state index contributed by atoms with van der Waals surface area (Å²) >= 11 is 0. The molecule has 0 fully saturated rings. The van der Waals surface area contributed by atoms with Crippen LogP contribution in [0.4, 0.5) is 17.1 Å². The molecule has 0 amide bonds. The average molecular weight is 564 g/mol. The zero-order valence-corrected chi connectivity index (χ0v) is 24.1. The van der Waals surface area contributed by atoms with Crippen LogP contribution >= 0.6 is 0 Å². The van der Waals surface area contributed by atoms with E-state index in [9.17, 15) is 0 Å². The quantitative estimate of drug-likeness (QED) is 0.200. The van der Waals surface area contributed by atoms with E-state index in [4.69, 9.17) is 4.42 Å². The third kappa shape index (κ3) is 4.73. The van der Waals surface area contributed by atoms with Gasteiger partial charge < -0.3 is 9.32 Å². The summed E-state index contributed by atoms with van der Waals surface area (Å²) in [6.07, 6.45) is 0. The molecule has 1 aromatic heterocycles. The Morgan fingerprint density at radius 1 is 0.386 bits per heavy atom. The van der Waals surface area contributed by atoms with Crippen LogP contribution in [0.2, 0.25) is 0 Å². The first-order chi connectivity index (χ1) is 21.8. The maximum atomic E-state index is 6.33. The SMILES string of the molecule is c1ccc(N(c2ccc(-c3ccc(-c4cccc5ccccc45)cc3)cc2)c2ccccc2-c2cc3ccccc3o2)cc1. The van der Waals surface area contributed by atoms with E-state index >= 15 is 0 Å². The van der Waals surface area contributed by atoms with Gasteiger partial charge in [0.1, 0.15) is 11.3 Å². The van der Waals surface area contributed by atoms with Gasteiger partial charge in [-0.3, -0.25) is 0 Å². The minimum absolute atomic E-state index is 0.852. The molecule has 0 saturated carbocycles.